The zero-order chi connectivity index (χ0) is 17.0. The highest BCUT2D eigenvalue weighted by Crippen LogP contribution is 2.23. The van der Waals surface area contributed by atoms with Crippen LogP contribution in [0.4, 0.5) is 11.4 Å². The molecule has 1 N–H and O–H groups in total. The highest BCUT2D eigenvalue weighted by molar-refractivity contribution is 7.92. The summed E-state index contributed by atoms with van der Waals surface area (Å²) >= 11 is 0. The molecule has 0 spiro atoms. The predicted octanol–water partition coefficient (Wildman–Crippen LogP) is 2.34. The molecule has 23 heavy (non-hydrogen) atoms. The van der Waals surface area contributed by atoms with Gasteiger partial charge in [-0.2, -0.15) is 0 Å². The molecule has 0 aliphatic rings. The van der Waals surface area contributed by atoms with Gasteiger partial charge in [-0.05, 0) is 24.3 Å². The second-order valence-electron chi connectivity index (χ2n) is 4.93. The monoisotopic (exact) mass is 334 g/mol. The Morgan fingerprint density at radius 2 is 1.83 bits per heavy atom. The van der Waals surface area contributed by atoms with E-state index in [-0.39, 0.29) is 5.56 Å². The average molecular weight is 334 g/mol. The van der Waals surface area contributed by atoms with Crippen molar-refractivity contribution in [3.63, 3.8) is 0 Å². The smallest absolute Gasteiger partial charge is 0.257 e. The number of sulfonamides is 1. The first-order valence-corrected chi connectivity index (χ1v) is 8.66. The fourth-order valence-electron chi connectivity index (χ4n) is 2.02. The fourth-order valence-corrected chi connectivity index (χ4v) is 2.53. The molecule has 0 saturated carbocycles. The number of amides is 1. The van der Waals surface area contributed by atoms with E-state index >= 15 is 0 Å². The zero-order valence-corrected chi connectivity index (χ0v) is 13.9. The predicted molar refractivity (Wildman–Crippen MR) is 90.6 cm³/mol. The second-order valence-corrected chi connectivity index (χ2v) is 6.95. The summed E-state index contributed by atoms with van der Waals surface area (Å²) in [5.74, 6) is 0.216. The van der Waals surface area contributed by atoms with Crippen molar-refractivity contribution in [1.82, 2.24) is 0 Å². The van der Waals surface area contributed by atoms with Crippen molar-refractivity contribution in [3.8, 4) is 5.75 Å². The molecule has 0 aliphatic carbocycles. The van der Waals surface area contributed by atoms with Crippen LogP contribution < -0.4 is 14.4 Å². The summed E-state index contributed by atoms with van der Waals surface area (Å²) in [5, 5.41) is 2.74. The van der Waals surface area contributed by atoms with E-state index < -0.39 is 15.9 Å². The normalized spacial score (nSPS) is 10.9. The molecule has 2 aromatic carbocycles. The Morgan fingerprint density at radius 3 is 2.48 bits per heavy atom. The number of para-hydroxylation sites is 1. The van der Waals surface area contributed by atoms with Crippen LogP contribution in [0.3, 0.4) is 0 Å². The molecule has 0 heterocycles. The molecule has 1 amide bonds. The average Bonchev–Trinajstić information content (AvgIpc) is 2.53. The van der Waals surface area contributed by atoms with Crippen molar-refractivity contribution in [1.29, 1.82) is 0 Å². The van der Waals surface area contributed by atoms with Gasteiger partial charge in [-0.3, -0.25) is 9.10 Å². The van der Waals surface area contributed by atoms with Gasteiger partial charge in [0.05, 0.1) is 24.6 Å². The molecule has 0 radical (unpaired) electrons. The lowest BCUT2D eigenvalue weighted by atomic mass is 10.1. The fraction of sp³-hybridized carbons (Fsp3) is 0.188. The number of nitrogens with zero attached hydrogens (tertiary/aromatic N) is 1. The highest BCUT2D eigenvalue weighted by Gasteiger charge is 2.19. The lowest BCUT2D eigenvalue weighted by molar-refractivity contribution is 0.102. The minimum absolute atomic E-state index is 0.267. The standard InChI is InChI=1S/C16H18N2O4S/c1-18(23(3,20)21)15-10-5-4-9-14(15)16(19)17-12-7-6-8-13(11-12)22-2/h4-11H,1-3H3,(H,17,19). The van der Waals surface area contributed by atoms with Crippen molar-refractivity contribution in [2.24, 2.45) is 0 Å². The Morgan fingerprint density at radius 1 is 1.13 bits per heavy atom. The maximum absolute atomic E-state index is 12.5. The maximum Gasteiger partial charge on any atom is 0.257 e. The van der Waals surface area contributed by atoms with Gasteiger partial charge in [-0.1, -0.05) is 18.2 Å². The number of hydrogen-bond acceptors (Lipinski definition) is 4. The van der Waals surface area contributed by atoms with E-state index in [1.807, 2.05) is 0 Å². The molecule has 0 atom stereocenters. The minimum Gasteiger partial charge on any atom is -0.497 e. The van der Waals surface area contributed by atoms with Crippen molar-refractivity contribution < 1.29 is 17.9 Å². The Bertz CT molecular complexity index is 818. The molecule has 6 nitrogen and oxygen atoms in total. The van der Waals surface area contributed by atoms with Gasteiger partial charge in [0.1, 0.15) is 5.75 Å². The molecule has 122 valence electrons. The number of carbonyl (C=O) groups is 1. The first kappa shape index (κ1) is 16.8. The molecular weight excluding hydrogens is 316 g/mol. The van der Waals surface area contributed by atoms with E-state index in [1.165, 1.54) is 14.2 Å². The van der Waals surface area contributed by atoms with E-state index in [9.17, 15) is 13.2 Å². The number of anilines is 2. The molecule has 0 fully saturated rings. The van der Waals surface area contributed by atoms with Crippen LogP contribution in [0.1, 0.15) is 10.4 Å². The van der Waals surface area contributed by atoms with Crippen molar-refractivity contribution in [3.05, 3.63) is 54.1 Å². The lowest BCUT2D eigenvalue weighted by Gasteiger charge is -2.19. The third-order valence-corrected chi connectivity index (χ3v) is 4.50. The number of rotatable bonds is 5. The maximum atomic E-state index is 12.5. The molecule has 0 saturated heterocycles. The molecule has 2 rings (SSSR count). The largest absolute Gasteiger partial charge is 0.497 e. The Kier molecular flexibility index (Phi) is 4.90. The summed E-state index contributed by atoms with van der Waals surface area (Å²) in [7, 11) is -0.513. The van der Waals surface area contributed by atoms with Gasteiger partial charge in [0.25, 0.3) is 5.91 Å². The van der Waals surface area contributed by atoms with Crippen molar-refractivity contribution in [2.45, 2.75) is 0 Å². The molecule has 7 heteroatoms. The summed E-state index contributed by atoms with van der Waals surface area (Å²) < 4.78 is 29.6. The van der Waals surface area contributed by atoms with Gasteiger partial charge in [0.15, 0.2) is 0 Å². The van der Waals surface area contributed by atoms with E-state index in [0.717, 1.165) is 10.6 Å². The summed E-state index contributed by atoms with van der Waals surface area (Å²) in [6, 6.07) is 13.4. The molecule has 0 unspecified atom stereocenters. The van der Waals surface area contributed by atoms with Crippen LogP contribution in [0, 0.1) is 0 Å². The van der Waals surface area contributed by atoms with Crippen molar-refractivity contribution in [2.75, 3.05) is 30.0 Å². The molecule has 2 aromatic rings. The van der Waals surface area contributed by atoms with Crippen LogP contribution in [-0.2, 0) is 10.0 Å². The number of methoxy groups -OCH3 is 1. The van der Waals surface area contributed by atoms with Gasteiger partial charge in [-0.15, -0.1) is 0 Å². The second kappa shape index (κ2) is 6.70. The van der Waals surface area contributed by atoms with Gasteiger partial charge >= 0.3 is 0 Å². The van der Waals surface area contributed by atoms with E-state index in [4.69, 9.17) is 4.74 Å². The first-order chi connectivity index (χ1) is 10.8. The number of carbonyl (C=O) groups excluding carboxylic acids is 1. The minimum atomic E-state index is -3.46. The number of nitrogens with one attached hydrogen (secondary N) is 1. The quantitative estimate of drug-likeness (QED) is 0.910. The molecule has 0 bridgehead atoms. The zero-order valence-electron chi connectivity index (χ0n) is 13.1. The number of hydrogen-bond donors (Lipinski definition) is 1. The molecule has 0 aliphatic heterocycles. The Balaban J connectivity index is 2.33. The van der Waals surface area contributed by atoms with Gasteiger partial charge in [0.2, 0.25) is 10.0 Å². The van der Waals surface area contributed by atoms with E-state index in [1.54, 1.807) is 48.5 Å². The van der Waals surface area contributed by atoms with Crippen LogP contribution in [0.25, 0.3) is 0 Å². The van der Waals surface area contributed by atoms with Gasteiger partial charge < -0.3 is 10.1 Å². The summed E-state index contributed by atoms with van der Waals surface area (Å²) in [4.78, 5) is 12.5. The SMILES string of the molecule is COc1cccc(NC(=O)c2ccccc2N(C)S(C)(=O)=O)c1. The number of benzene rings is 2. The molecular formula is C16H18N2O4S. The van der Waals surface area contributed by atoms with Gasteiger partial charge in [0, 0.05) is 18.8 Å². The van der Waals surface area contributed by atoms with E-state index in [0.29, 0.717) is 17.1 Å². The van der Waals surface area contributed by atoms with Gasteiger partial charge in [-0.25, -0.2) is 8.42 Å². The third kappa shape index (κ3) is 4.01. The van der Waals surface area contributed by atoms with Crippen molar-refractivity contribution >= 4 is 27.3 Å². The van der Waals surface area contributed by atoms with Crippen LogP contribution >= 0.6 is 0 Å². The molecule has 0 aromatic heterocycles. The van der Waals surface area contributed by atoms with Crippen LogP contribution in [0.2, 0.25) is 0 Å². The van der Waals surface area contributed by atoms with Crippen LogP contribution in [0.15, 0.2) is 48.5 Å². The first-order valence-electron chi connectivity index (χ1n) is 6.81. The topological polar surface area (TPSA) is 75.7 Å². The lowest BCUT2D eigenvalue weighted by Crippen LogP contribution is -2.27. The summed E-state index contributed by atoms with van der Waals surface area (Å²) in [6.07, 6.45) is 1.09. The highest BCUT2D eigenvalue weighted by atomic mass is 32.2. The Hall–Kier alpha value is -2.54. The number of ether oxygens (including phenoxy) is 1. The Labute approximate surface area is 135 Å². The third-order valence-electron chi connectivity index (χ3n) is 3.31. The van der Waals surface area contributed by atoms with Crippen LogP contribution in [0.5, 0.6) is 5.75 Å². The summed E-state index contributed by atoms with van der Waals surface area (Å²) in [5.41, 5.74) is 1.14. The van der Waals surface area contributed by atoms with Crippen LogP contribution in [-0.4, -0.2) is 34.7 Å². The summed E-state index contributed by atoms with van der Waals surface area (Å²) in [6.45, 7) is 0. The van der Waals surface area contributed by atoms with E-state index in [2.05, 4.69) is 5.32 Å².